The van der Waals surface area contributed by atoms with Crippen LogP contribution in [-0.2, 0) is 19.1 Å². The van der Waals surface area contributed by atoms with Crippen molar-refractivity contribution in [3.63, 3.8) is 0 Å². The van der Waals surface area contributed by atoms with Crippen LogP contribution >= 0.6 is 0 Å². The summed E-state index contributed by atoms with van der Waals surface area (Å²) >= 11 is 0. The average Bonchev–Trinajstić information content (AvgIpc) is 3.04. The van der Waals surface area contributed by atoms with E-state index in [9.17, 15) is 62.3 Å². The Morgan fingerprint density at radius 3 is 1.03 bits per heavy atom. The van der Waals surface area contributed by atoms with E-state index < -0.39 is 96.2 Å². The quantitative estimate of drug-likeness (QED) is 0.250. The molecule has 2 aliphatic rings. The SMILES string of the molecule is CC1(C)CC(=O)OC1CC(F)(F)C(F)(F)C(F)(F)C(F)(F)C(F)(F)C(F)(F)CC1OC(=O)CC1(C)C. The lowest BCUT2D eigenvalue weighted by Crippen LogP contribution is -2.71. The second kappa shape index (κ2) is 8.30. The summed E-state index contributed by atoms with van der Waals surface area (Å²) in [6.07, 6.45) is -10.7. The van der Waals surface area contributed by atoms with Gasteiger partial charge in [0.1, 0.15) is 12.2 Å². The minimum absolute atomic E-state index is 0.641. The molecular weight excluding hydrogens is 532 g/mol. The molecule has 2 heterocycles. The van der Waals surface area contributed by atoms with E-state index in [1.165, 1.54) is 0 Å². The molecule has 0 saturated carbocycles. The summed E-state index contributed by atoms with van der Waals surface area (Å²) < 4.78 is 179. The van der Waals surface area contributed by atoms with Gasteiger partial charge in [-0.15, -0.1) is 0 Å². The van der Waals surface area contributed by atoms with Gasteiger partial charge in [-0.2, -0.15) is 52.7 Å². The Bertz CT molecular complexity index is 825. The Morgan fingerprint density at radius 1 is 0.583 bits per heavy atom. The van der Waals surface area contributed by atoms with E-state index >= 15 is 0 Å². The fraction of sp³-hybridized carbons (Fsp3) is 0.900. The molecule has 2 saturated heterocycles. The monoisotopic (exact) mass is 554 g/mol. The van der Waals surface area contributed by atoms with Crippen molar-refractivity contribution in [3.05, 3.63) is 0 Å². The number of ether oxygens (including phenoxy) is 2. The highest BCUT2D eigenvalue weighted by molar-refractivity contribution is 5.73. The van der Waals surface area contributed by atoms with E-state index in [0.717, 1.165) is 27.7 Å². The number of carbonyl (C=O) groups excluding carboxylic acids is 2. The van der Waals surface area contributed by atoms with Crippen LogP contribution in [0.2, 0.25) is 0 Å². The highest BCUT2D eigenvalue weighted by atomic mass is 19.4. The summed E-state index contributed by atoms with van der Waals surface area (Å²) in [5, 5.41) is 0. The van der Waals surface area contributed by atoms with Gasteiger partial charge in [-0.05, 0) is 0 Å². The van der Waals surface area contributed by atoms with Crippen LogP contribution in [0, 0.1) is 10.8 Å². The predicted octanol–water partition coefficient (Wildman–Crippen LogP) is 6.26. The molecule has 2 fully saturated rings. The number of hydrogen-bond donors (Lipinski definition) is 0. The number of carbonyl (C=O) groups is 2. The number of cyclic esters (lactones) is 2. The largest absolute Gasteiger partial charge is 0.462 e. The van der Waals surface area contributed by atoms with Crippen molar-refractivity contribution in [2.24, 2.45) is 10.8 Å². The molecule has 2 atom stereocenters. The molecule has 16 heteroatoms. The van der Waals surface area contributed by atoms with Gasteiger partial charge in [-0.1, -0.05) is 27.7 Å². The number of hydrogen-bond acceptors (Lipinski definition) is 4. The maximum Gasteiger partial charge on any atom is 0.384 e. The second-order valence-electron chi connectivity index (χ2n) is 10.4. The summed E-state index contributed by atoms with van der Waals surface area (Å²) in [6.45, 7) is 4.09. The van der Waals surface area contributed by atoms with Gasteiger partial charge in [0, 0.05) is 10.8 Å². The molecule has 2 rings (SSSR count). The fourth-order valence-electron chi connectivity index (χ4n) is 3.90. The first-order chi connectivity index (χ1) is 15.7. The van der Waals surface area contributed by atoms with Crippen molar-refractivity contribution < 1.29 is 71.7 Å². The zero-order valence-electron chi connectivity index (χ0n) is 19.2. The highest BCUT2D eigenvalue weighted by Crippen LogP contribution is 2.62. The second-order valence-corrected chi connectivity index (χ2v) is 10.4. The minimum atomic E-state index is -7.73. The zero-order valence-corrected chi connectivity index (χ0v) is 19.2. The molecule has 0 N–H and O–H groups in total. The number of halogens is 12. The molecule has 36 heavy (non-hydrogen) atoms. The Kier molecular flexibility index (Phi) is 6.99. The third-order valence-corrected chi connectivity index (χ3v) is 6.48. The molecular formula is C20H22F12O4. The molecule has 0 bridgehead atoms. The first kappa shape index (κ1) is 30.3. The summed E-state index contributed by atoms with van der Waals surface area (Å²) in [4.78, 5) is 22.5. The summed E-state index contributed by atoms with van der Waals surface area (Å²) in [6, 6.07) is 0. The van der Waals surface area contributed by atoms with Crippen LogP contribution in [0.15, 0.2) is 0 Å². The Balaban J connectivity index is 2.41. The lowest BCUT2D eigenvalue weighted by atomic mass is 9.79. The maximum atomic E-state index is 14.3. The molecule has 0 amide bonds. The lowest BCUT2D eigenvalue weighted by molar-refractivity contribution is -0.427. The van der Waals surface area contributed by atoms with Crippen LogP contribution in [-0.4, -0.2) is 59.7 Å². The van der Waals surface area contributed by atoms with Crippen molar-refractivity contribution in [2.45, 2.75) is 101 Å². The number of alkyl halides is 12. The molecule has 2 aliphatic heterocycles. The third kappa shape index (κ3) is 4.50. The van der Waals surface area contributed by atoms with E-state index in [0.29, 0.717) is 0 Å². The lowest BCUT2D eigenvalue weighted by Gasteiger charge is -2.42. The van der Waals surface area contributed by atoms with Crippen LogP contribution in [0.1, 0.15) is 53.4 Å². The first-order valence-corrected chi connectivity index (χ1v) is 10.3. The van der Waals surface area contributed by atoms with Gasteiger partial charge in [0.05, 0.1) is 25.7 Å². The van der Waals surface area contributed by atoms with Crippen LogP contribution < -0.4 is 0 Å². The molecule has 0 radical (unpaired) electrons. The van der Waals surface area contributed by atoms with Crippen LogP contribution in [0.3, 0.4) is 0 Å². The summed E-state index contributed by atoms with van der Waals surface area (Å²) in [7, 11) is 0. The van der Waals surface area contributed by atoms with Gasteiger partial charge < -0.3 is 9.47 Å². The predicted molar refractivity (Wildman–Crippen MR) is 95.5 cm³/mol. The summed E-state index contributed by atoms with van der Waals surface area (Å²) in [5.74, 6) is -44.9. The summed E-state index contributed by atoms with van der Waals surface area (Å²) in [5.41, 5.74) is -3.31. The minimum Gasteiger partial charge on any atom is -0.462 e. The molecule has 2 unspecified atom stereocenters. The third-order valence-electron chi connectivity index (χ3n) is 6.48. The first-order valence-electron chi connectivity index (χ1n) is 10.3. The van der Waals surface area contributed by atoms with Crippen molar-refractivity contribution >= 4 is 11.9 Å². The Morgan fingerprint density at radius 2 is 0.833 bits per heavy atom. The molecule has 210 valence electrons. The zero-order chi connectivity index (χ0) is 28.6. The topological polar surface area (TPSA) is 52.6 Å². The van der Waals surface area contributed by atoms with Crippen molar-refractivity contribution in [2.75, 3.05) is 0 Å². The normalized spacial score (nSPS) is 25.7. The van der Waals surface area contributed by atoms with Gasteiger partial charge in [0.15, 0.2) is 0 Å². The van der Waals surface area contributed by atoms with Gasteiger partial charge >= 0.3 is 47.5 Å². The maximum absolute atomic E-state index is 14.3. The Labute approximate surface area is 196 Å². The van der Waals surface area contributed by atoms with E-state index in [1.807, 2.05) is 0 Å². The van der Waals surface area contributed by atoms with E-state index in [-0.39, 0.29) is 0 Å². The van der Waals surface area contributed by atoms with Gasteiger partial charge in [-0.3, -0.25) is 9.59 Å². The van der Waals surface area contributed by atoms with Gasteiger partial charge in [-0.25, -0.2) is 0 Å². The van der Waals surface area contributed by atoms with Crippen molar-refractivity contribution in [1.29, 1.82) is 0 Å². The molecule has 0 aromatic rings. The number of rotatable bonds is 9. The van der Waals surface area contributed by atoms with E-state index in [1.54, 1.807) is 0 Å². The van der Waals surface area contributed by atoms with Crippen LogP contribution in [0.4, 0.5) is 52.7 Å². The number of esters is 2. The van der Waals surface area contributed by atoms with Crippen molar-refractivity contribution in [3.8, 4) is 0 Å². The fourth-order valence-corrected chi connectivity index (χ4v) is 3.90. The molecule has 0 aromatic carbocycles. The van der Waals surface area contributed by atoms with Crippen LogP contribution in [0.25, 0.3) is 0 Å². The van der Waals surface area contributed by atoms with Crippen molar-refractivity contribution in [1.82, 2.24) is 0 Å². The molecule has 0 aromatic heterocycles. The van der Waals surface area contributed by atoms with E-state index in [2.05, 4.69) is 9.47 Å². The molecule has 0 spiro atoms. The van der Waals surface area contributed by atoms with Gasteiger partial charge in [0.25, 0.3) is 0 Å². The van der Waals surface area contributed by atoms with E-state index in [4.69, 9.17) is 0 Å². The standard InChI is InChI=1S/C20H22F12O4/c1-13(2)7-11(33)35-9(13)5-15(21,22)17(25,26)19(29,30)20(31,32)18(27,28)16(23,24)6-10-14(3,4)8-12(34)36-10/h9-10H,5-8H2,1-4H3. The van der Waals surface area contributed by atoms with Crippen LogP contribution in [0.5, 0.6) is 0 Å². The van der Waals surface area contributed by atoms with Gasteiger partial charge in [0.2, 0.25) is 0 Å². The molecule has 0 aliphatic carbocycles. The highest BCUT2D eigenvalue weighted by Gasteiger charge is 2.90. The average molecular weight is 554 g/mol. The smallest absolute Gasteiger partial charge is 0.384 e. The molecule has 4 nitrogen and oxygen atoms in total. The Hall–Kier alpha value is -1.90.